The van der Waals surface area contributed by atoms with Gasteiger partial charge in [-0.05, 0) is 51.7 Å². The highest BCUT2D eigenvalue weighted by Gasteiger charge is 2.32. The van der Waals surface area contributed by atoms with Crippen molar-refractivity contribution in [2.24, 2.45) is 0 Å². The molecule has 1 aliphatic heterocycles. The lowest BCUT2D eigenvalue weighted by Crippen LogP contribution is -2.47. The van der Waals surface area contributed by atoms with Crippen molar-refractivity contribution in [3.8, 4) is 5.82 Å². The monoisotopic (exact) mass is 481 g/mol. The molecule has 2 aromatic heterocycles. The lowest BCUT2D eigenvalue weighted by Gasteiger charge is -2.33. The summed E-state index contributed by atoms with van der Waals surface area (Å²) < 4.78 is 45.4. The van der Waals surface area contributed by atoms with Gasteiger partial charge in [-0.25, -0.2) is 14.5 Å². The zero-order valence-corrected chi connectivity index (χ0v) is 19.9. The lowest BCUT2D eigenvalue weighted by atomic mass is 10.0. The molecule has 1 fully saturated rings. The van der Waals surface area contributed by atoms with Crippen LogP contribution in [-0.2, 0) is 10.9 Å². The molecule has 11 heteroatoms. The minimum absolute atomic E-state index is 0.126. The molecule has 3 heterocycles. The number of halogens is 3. The summed E-state index contributed by atoms with van der Waals surface area (Å²) in [5, 5.41) is 7.22. The minimum atomic E-state index is -4.49. The second kappa shape index (κ2) is 9.63. The summed E-state index contributed by atoms with van der Waals surface area (Å²) in [5.41, 5.74) is -0.537. The van der Waals surface area contributed by atoms with E-state index in [1.807, 2.05) is 34.6 Å². The number of ether oxygens (including phenoxy) is 1. The van der Waals surface area contributed by atoms with E-state index in [1.54, 1.807) is 4.90 Å². The highest BCUT2D eigenvalue weighted by atomic mass is 19.4. The third kappa shape index (κ3) is 6.06. The topological polar surface area (TPSA) is 89.4 Å². The van der Waals surface area contributed by atoms with Crippen LogP contribution in [0.15, 0.2) is 24.5 Å². The van der Waals surface area contributed by atoms with Crippen molar-refractivity contribution in [3.05, 3.63) is 41.3 Å². The molecule has 1 aliphatic rings. The third-order valence-corrected chi connectivity index (χ3v) is 5.37. The van der Waals surface area contributed by atoms with Gasteiger partial charge in [0, 0.05) is 25.3 Å². The molecule has 0 unspecified atom stereocenters. The van der Waals surface area contributed by atoms with E-state index in [2.05, 4.69) is 15.4 Å². The zero-order valence-electron chi connectivity index (χ0n) is 19.9. The molecule has 0 aliphatic carbocycles. The van der Waals surface area contributed by atoms with Gasteiger partial charge >= 0.3 is 12.3 Å². The average molecular weight is 482 g/mol. The van der Waals surface area contributed by atoms with Crippen molar-refractivity contribution in [1.82, 2.24) is 25.0 Å². The number of hydrogen-bond donors (Lipinski definition) is 1. The summed E-state index contributed by atoms with van der Waals surface area (Å²) in [5.74, 6) is -0.264. The fraction of sp³-hybridized carbons (Fsp3) is 0.565. The number of amides is 2. The van der Waals surface area contributed by atoms with Crippen molar-refractivity contribution in [2.75, 3.05) is 13.1 Å². The fourth-order valence-corrected chi connectivity index (χ4v) is 3.75. The van der Waals surface area contributed by atoms with Crippen LogP contribution in [0.2, 0.25) is 0 Å². The number of carbonyl (C=O) groups excluding carboxylic acids is 2. The van der Waals surface area contributed by atoms with Crippen molar-refractivity contribution >= 4 is 12.0 Å². The van der Waals surface area contributed by atoms with Crippen molar-refractivity contribution in [2.45, 2.75) is 71.2 Å². The number of rotatable bonds is 4. The van der Waals surface area contributed by atoms with Gasteiger partial charge in [-0.3, -0.25) is 4.79 Å². The van der Waals surface area contributed by atoms with Gasteiger partial charge in [0.2, 0.25) is 0 Å². The molecule has 2 amide bonds. The van der Waals surface area contributed by atoms with E-state index in [4.69, 9.17) is 4.74 Å². The molecule has 2 aromatic rings. The number of carbonyl (C=O) groups is 2. The summed E-state index contributed by atoms with van der Waals surface area (Å²) in [6.45, 7) is 10.1. The minimum Gasteiger partial charge on any atom is -0.444 e. The van der Waals surface area contributed by atoms with Crippen LogP contribution in [0.1, 0.15) is 75.0 Å². The van der Waals surface area contributed by atoms with Gasteiger partial charge in [-0.1, -0.05) is 13.8 Å². The second-order valence-corrected chi connectivity index (χ2v) is 9.63. The lowest BCUT2D eigenvalue weighted by molar-refractivity contribution is -0.137. The molecule has 0 bridgehead atoms. The Morgan fingerprint density at radius 1 is 1.12 bits per heavy atom. The summed E-state index contributed by atoms with van der Waals surface area (Å²) in [6.07, 6.45) is -1.54. The van der Waals surface area contributed by atoms with Crippen molar-refractivity contribution < 1.29 is 27.5 Å². The Labute approximate surface area is 196 Å². The van der Waals surface area contributed by atoms with Crippen LogP contribution in [0.4, 0.5) is 18.0 Å². The third-order valence-electron chi connectivity index (χ3n) is 5.37. The van der Waals surface area contributed by atoms with E-state index < -0.39 is 17.3 Å². The molecule has 8 nitrogen and oxygen atoms in total. The maximum absolute atomic E-state index is 13.0. The first kappa shape index (κ1) is 25.5. The summed E-state index contributed by atoms with van der Waals surface area (Å²) in [4.78, 5) is 30.8. The predicted molar refractivity (Wildman–Crippen MR) is 119 cm³/mol. The molecule has 0 aromatic carbocycles. The first-order valence-electron chi connectivity index (χ1n) is 11.2. The highest BCUT2D eigenvalue weighted by Crippen LogP contribution is 2.29. The molecule has 1 saturated heterocycles. The largest absolute Gasteiger partial charge is 0.444 e. The molecule has 0 radical (unpaired) electrons. The molecule has 0 atom stereocenters. The van der Waals surface area contributed by atoms with Gasteiger partial charge in [-0.2, -0.15) is 18.3 Å². The van der Waals surface area contributed by atoms with E-state index in [-0.39, 0.29) is 29.8 Å². The maximum atomic E-state index is 13.0. The second-order valence-electron chi connectivity index (χ2n) is 9.63. The van der Waals surface area contributed by atoms with Gasteiger partial charge in [0.25, 0.3) is 5.91 Å². The normalized spacial score (nSPS) is 15.5. The molecular formula is C23H30F3N5O3. The molecule has 0 saturated carbocycles. The average Bonchev–Trinajstić information content (AvgIpc) is 3.18. The Bertz CT molecular complexity index is 1020. The van der Waals surface area contributed by atoms with Crippen LogP contribution in [0.5, 0.6) is 0 Å². The van der Waals surface area contributed by atoms with Gasteiger partial charge in [-0.15, -0.1) is 0 Å². The quantitative estimate of drug-likeness (QED) is 0.693. The number of nitrogens with one attached hydrogen (secondary N) is 1. The molecule has 3 rings (SSSR count). The summed E-state index contributed by atoms with van der Waals surface area (Å²) >= 11 is 0. The standard InChI is InChI=1S/C23H30F3N5O3/c1-14(2)19-17(13-28-31(19)18-7-6-15(12-27-18)23(24,25)26)20(32)29-16-8-10-30(11-9-16)21(33)34-22(3,4)5/h6-7,12-14,16H,8-11H2,1-5H3,(H,29,32). The number of piperidine rings is 1. The van der Waals surface area contributed by atoms with Crippen LogP contribution < -0.4 is 5.32 Å². The number of likely N-dealkylation sites (tertiary alicyclic amines) is 1. The van der Waals surface area contributed by atoms with E-state index >= 15 is 0 Å². The molecular weight excluding hydrogens is 451 g/mol. The van der Waals surface area contributed by atoms with Gasteiger partial charge in [0.05, 0.1) is 23.0 Å². The first-order valence-corrected chi connectivity index (χ1v) is 11.2. The van der Waals surface area contributed by atoms with Crippen molar-refractivity contribution in [3.63, 3.8) is 0 Å². The van der Waals surface area contributed by atoms with E-state index in [0.29, 0.717) is 37.2 Å². The zero-order chi connectivity index (χ0) is 25.3. The van der Waals surface area contributed by atoms with Gasteiger partial charge in [0.1, 0.15) is 5.60 Å². The van der Waals surface area contributed by atoms with Crippen LogP contribution in [-0.4, -0.2) is 56.4 Å². The summed E-state index contributed by atoms with van der Waals surface area (Å²) in [6, 6.07) is 2.04. The Morgan fingerprint density at radius 3 is 2.26 bits per heavy atom. The van der Waals surface area contributed by atoms with E-state index in [1.165, 1.54) is 16.9 Å². The SMILES string of the molecule is CC(C)c1c(C(=O)NC2CCN(C(=O)OC(C)(C)C)CC2)cnn1-c1ccc(C(F)(F)F)cn1. The summed E-state index contributed by atoms with van der Waals surface area (Å²) in [7, 11) is 0. The van der Waals surface area contributed by atoms with E-state index in [9.17, 15) is 22.8 Å². The first-order chi connectivity index (χ1) is 15.8. The fourth-order valence-electron chi connectivity index (χ4n) is 3.75. The van der Waals surface area contributed by atoms with Crippen molar-refractivity contribution in [1.29, 1.82) is 0 Å². The molecule has 0 spiro atoms. The van der Waals surface area contributed by atoms with Crippen LogP contribution in [0, 0.1) is 0 Å². The van der Waals surface area contributed by atoms with Gasteiger partial charge < -0.3 is 15.0 Å². The number of pyridine rings is 1. The number of aromatic nitrogens is 3. The Hall–Kier alpha value is -3.11. The van der Waals surface area contributed by atoms with Gasteiger partial charge in [0.15, 0.2) is 5.82 Å². The molecule has 1 N–H and O–H groups in total. The van der Waals surface area contributed by atoms with Crippen LogP contribution >= 0.6 is 0 Å². The Kier molecular flexibility index (Phi) is 7.23. The Morgan fingerprint density at radius 2 is 1.76 bits per heavy atom. The number of hydrogen-bond acceptors (Lipinski definition) is 5. The highest BCUT2D eigenvalue weighted by molar-refractivity contribution is 5.95. The van der Waals surface area contributed by atoms with E-state index in [0.717, 1.165) is 12.3 Å². The molecule has 186 valence electrons. The van der Waals surface area contributed by atoms with Crippen LogP contribution in [0.3, 0.4) is 0 Å². The molecule has 34 heavy (non-hydrogen) atoms. The maximum Gasteiger partial charge on any atom is 0.417 e. The smallest absolute Gasteiger partial charge is 0.417 e. The number of nitrogens with zero attached hydrogens (tertiary/aromatic N) is 4. The number of alkyl halides is 3. The Balaban J connectivity index is 1.69. The van der Waals surface area contributed by atoms with Crippen LogP contribution in [0.25, 0.3) is 5.82 Å². The predicted octanol–water partition coefficient (Wildman–Crippen LogP) is 4.54.